The average Bonchev–Trinajstić information content (AvgIpc) is 3.07. The molecule has 3 rings (SSSR count). The number of aromatic nitrogens is 4. The molecule has 0 aliphatic heterocycles. The highest BCUT2D eigenvalue weighted by Gasteiger charge is 2.14. The third-order valence-corrected chi connectivity index (χ3v) is 3.51. The van der Waals surface area contributed by atoms with E-state index in [9.17, 15) is 14.0 Å². The predicted molar refractivity (Wildman–Crippen MR) is 91.1 cm³/mol. The molecule has 1 heterocycles. The van der Waals surface area contributed by atoms with Crippen LogP contribution < -0.4 is 10.6 Å². The van der Waals surface area contributed by atoms with E-state index in [1.165, 1.54) is 16.9 Å². The summed E-state index contributed by atoms with van der Waals surface area (Å²) in [5.41, 5.74) is 1.46. The molecule has 26 heavy (non-hydrogen) atoms. The molecule has 0 aliphatic carbocycles. The topological polar surface area (TPSA) is 102 Å². The van der Waals surface area contributed by atoms with E-state index < -0.39 is 17.6 Å². The van der Waals surface area contributed by atoms with Gasteiger partial charge in [-0.05, 0) is 35.5 Å². The van der Waals surface area contributed by atoms with Gasteiger partial charge in [-0.3, -0.25) is 9.59 Å². The molecule has 0 saturated carbocycles. The largest absolute Gasteiger partial charge is 0.344 e. The summed E-state index contributed by atoms with van der Waals surface area (Å²) in [5, 5.41) is 16.5. The van der Waals surface area contributed by atoms with Crippen LogP contribution in [0.5, 0.6) is 0 Å². The van der Waals surface area contributed by atoms with Crippen LogP contribution in [0.1, 0.15) is 5.56 Å². The lowest BCUT2D eigenvalue weighted by Gasteiger charge is -2.07. The Morgan fingerprint density at radius 1 is 1.08 bits per heavy atom. The zero-order chi connectivity index (χ0) is 18.5. The first-order valence-corrected chi connectivity index (χ1v) is 7.70. The van der Waals surface area contributed by atoms with E-state index in [1.54, 1.807) is 43.4 Å². The zero-order valence-corrected chi connectivity index (χ0v) is 13.8. The van der Waals surface area contributed by atoms with Gasteiger partial charge in [-0.1, -0.05) is 18.2 Å². The molecule has 0 unspecified atom stereocenters. The van der Waals surface area contributed by atoms with Gasteiger partial charge in [0.15, 0.2) is 0 Å². The van der Waals surface area contributed by atoms with Crippen LogP contribution >= 0.6 is 0 Å². The average molecular weight is 354 g/mol. The van der Waals surface area contributed by atoms with Crippen molar-refractivity contribution in [3.63, 3.8) is 0 Å². The number of aryl methyl sites for hydroxylation is 1. The van der Waals surface area contributed by atoms with Crippen molar-refractivity contribution in [2.45, 2.75) is 6.54 Å². The van der Waals surface area contributed by atoms with Gasteiger partial charge >= 0.3 is 11.8 Å². The number of tetrazole rings is 1. The number of nitrogens with zero attached hydrogens (tertiary/aromatic N) is 4. The van der Waals surface area contributed by atoms with Crippen molar-refractivity contribution >= 4 is 17.5 Å². The van der Waals surface area contributed by atoms with Gasteiger partial charge in [-0.2, -0.15) is 4.80 Å². The van der Waals surface area contributed by atoms with Gasteiger partial charge in [0, 0.05) is 23.4 Å². The maximum absolute atomic E-state index is 13.5. The van der Waals surface area contributed by atoms with Crippen LogP contribution in [0, 0.1) is 5.82 Å². The fourth-order valence-corrected chi connectivity index (χ4v) is 2.19. The third kappa shape index (κ3) is 4.07. The fraction of sp³-hybridized carbons (Fsp3) is 0.118. The standard InChI is InChI=1S/C17H15FN6O2/c1-24-22-15(21-23-24)11-6-8-13(9-7-11)20-17(26)16(25)19-10-12-4-2-3-5-14(12)18/h2-9H,10H2,1H3,(H,19,25)(H,20,26). The Balaban J connectivity index is 1.57. The third-order valence-electron chi connectivity index (χ3n) is 3.51. The van der Waals surface area contributed by atoms with Gasteiger partial charge in [0.2, 0.25) is 5.82 Å². The van der Waals surface area contributed by atoms with Gasteiger partial charge in [0.25, 0.3) is 0 Å². The molecular formula is C17H15FN6O2. The Bertz CT molecular complexity index is 938. The number of rotatable bonds is 4. The number of amides is 2. The van der Waals surface area contributed by atoms with Crippen molar-refractivity contribution in [1.82, 2.24) is 25.5 Å². The minimum atomic E-state index is -0.854. The second-order valence-corrected chi connectivity index (χ2v) is 5.41. The number of halogens is 1. The minimum absolute atomic E-state index is 0.0732. The number of hydrogen-bond donors (Lipinski definition) is 2. The molecule has 0 atom stereocenters. The molecule has 0 radical (unpaired) electrons. The smallest absolute Gasteiger partial charge is 0.313 e. The molecular weight excluding hydrogens is 339 g/mol. The molecule has 0 saturated heterocycles. The van der Waals surface area contributed by atoms with Gasteiger partial charge in [0.05, 0.1) is 7.05 Å². The molecule has 8 nitrogen and oxygen atoms in total. The summed E-state index contributed by atoms with van der Waals surface area (Å²) in [5.74, 6) is -1.69. The van der Waals surface area contributed by atoms with Crippen molar-refractivity contribution in [2.75, 3.05) is 5.32 Å². The number of benzene rings is 2. The highest BCUT2D eigenvalue weighted by Crippen LogP contribution is 2.17. The van der Waals surface area contributed by atoms with Crippen molar-refractivity contribution in [3.8, 4) is 11.4 Å². The van der Waals surface area contributed by atoms with E-state index in [0.717, 1.165) is 5.56 Å². The number of hydrogen-bond acceptors (Lipinski definition) is 5. The van der Waals surface area contributed by atoms with Crippen LogP contribution in [-0.2, 0) is 23.2 Å². The molecule has 0 aliphatic rings. The molecule has 0 bridgehead atoms. The SMILES string of the molecule is Cn1nnc(-c2ccc(NC(=O)C(=O)NCc3ccccc3F)cc2)n1. The molecule has 2 N–H and O–H groups in total. The van der Waals surface area contributed by atoms with Crippen LogP contribution in [0.15, 0.2) is 48.5 Å². The Kier molecular flexibility index (Phi) is 4.97. The lowest BCUT2D eigenvalue weighted by atomic mass is 10.2. The Hall–Kier alpha value is -3.62. The molecule has 0 spiro atoms. The van der Waals surface area contributed by atoms with Crippen LogP contribution in [-0.4, -0.2) is 32.0 Å². The summed E-state index contributed by atoms with van der Waals surface area (Å²) in [6.07, 6.45) is 0. The first-order valence-electron chi connectivity index (χ1n) is 7.70. The van der Waals surface area contributed by atoms with Gasteiger partial charge in [0.1, 0.15) is 5.82 Å². The van der Waals surface area contributed by atoms with Crippen LogP contribution in [0.25, 0.3) is 11.4 Å². The number of carbonyl (C=O) groups excluding carboxylic acids is 2. The Labute approximate surface area is 148 Å². The first kappa shape index (κ1) is 17.2. The van der Waals surface area contributed by atoms with E-state index >= 15 is 0 Å². The second-order valence-electron chi connectivity index (χ2n) is 5.41. The second kappa shape index (κ2) is 7.51. The zero-order valence-electron chi connectivity index (χ0n) is 13.8. The molecule has 3 aromatic rings. The normalized spacial score (nSPS) is 10.4. The molecule has 132 valence electrons. The molecule has 2 aromatic carbocycles. The fourth-order valence-electron chi connectivity index (χ4n) is 2.19. The summed E-state index contributed by atoms with van der Waals surface area (Å²) >= 11 is 0. The highest BCUT2D eigenvalue weighted by molar-refractivity contribution is 6.39. The maximum Gasteiger partial charge on any atom is 0.313 e. The lowest BCUT2D eigenvalue weighted by molar-refractivity contribution is -0.136. The van der Waals surface area contributed by atoms with Crippen LogP contribution in [0.3, 0.4) is 0 Å². The number of nitrogens with one attached hydrogen (secondary N) is 2. The molecule has 9 heteroatoms. The minimum Gasteiger partial charge on any atom is -0.344 e. The van der Waals surface area contributed by atoms with Crippen molar-refractivity contribution in [3.05, 3.63) is 59.9 Å². The summed E-state index contributed by atoms with van der Waals surface area (Å²) in [4.78, 5) is 25.1. The molecule has 0 fully saturated rings. The highest BCUT2D eigenvalue weighted by atomic mass is 19.1. The maximum atomic E-state index is 13.5. The van der Waals surface area contributed by atoms with E-state index in [4.69, 9.17) is 0 Å². The van der Waals surface area contributed by atoms with Crippen molar-refractivity contribution in [2.24, 2.45) is 7.05 Å². The molecule has 2 amide bonds. The van der Waals surface area contributed by atoms with Crippen molar-refractivity contribution < 1.29 is 14.0 Å². The van der Waals surface area contributed by atoms with Gasteiger partial charge in [-0.25, -0.2) is 4.39 Å². The summed E-state index contributed by atoms with van der Waals surface area (Å²) in [6.45, 7) is -0.0732. The number of anilines is 1. The quantitative estimate of drug-likeness (QED) is 0.687. The van der Waals surface area contributed by atoms with Crippen LogP contribution in [0.2, 0.25) is 0 Å². The Morgan fingerprint density at radius 3 is 2.46 bits per heavy atom. The number of carbonyl (C=O) groups is 2. The van der Waals surface area contributed by atoms with E-state index in [-0.39, 0.29) is 6.54 Å². The monoisotopic (exact) mass is 354 g/mol. The van der Waals surface area contributed by atoms with E-state index in [1.807, 2.05) is 0 Å². The van der Waals surface area contributed by atoms with E-state index in [0.29, 0.717) is 17.1 Å². The Morgan fingerprint density at radius 2 is 1.81 bits per heavy atom. The van der Waals surface area contributed by atoms with E-state index in [2.05, 4.69) is 26.0 Å². The van der Waals surface area contributed by atoms with Crippen molar-refractivity contribution in [1.29, 1.82) is 0 Å². The van der Waals surface area contributed by atoms with Crippen LogP contribution in [0.4, 0.5) is 10.1 Å². The van der Waals surface area contributed by atoms with Gasteiger partial charge in [-0.15, -0.1) is 10.2 Å². The summed E-state index contributed by atoms with van der Waals surface area (Å²) < 4.78 is 13.5. The summed E-state index contributed by atoms with van der Waals surface area (Å²) in [6, 6.07) is 12.7. The first-order chi connectivity index (χ1) is 12.5. The predicted octanol–water partition coefficient (Wildman–Crippen LogP) is 1.27. The van der Waals surface area contributed by atoms with Gasteiger partial charge < -0.3 is 10.6 Å². The summed E-state index contributed by atoms with van der Waals surface area (Å²) in [7, 11) is 1.66. The lowest BCUT2D eigenvalue weighted by Crippen LogP contribution is -2.35. The molecule has 1 aromatic heterocycles.